The number of hydrogen-bond acceptors (Lipinski definition) is 1. The molecule has 2 atom stereocenters. The quantitative estimate of drug-likeness (QED) is 0.848. The molecule has 118 valence electrons. The third-order valence-corrected chi connectivity index (χ3v) is 3.60. The Balaban J connectivity index is 3.04. The Hall–Kier alpha value is -1.52. The number of carbonyl (C=O) groups is 1. The van der Waals surface area contributed by atoms with Crippen LogP contribution < -0.4 is 5.32 Å². The summed E-state index contributed by atoms with van der Waals surface area (Å²) in [5.41, 5.74) is -0.208. The van der Waals surface area contributed by atoms with Crippen LogP contribution in [0.1, 0.15) is 51.3 Å². The minimum absolute atomic E-state index is 0.00138. The van der Waals surface area contributed by atoms with Gasteiger partial charge in [-0.1, -0.05) is 39.8 Å². The fourth-order valence-electron chi connectivity index (χ4n) is 2.02. The zero-order valence-corrected chi connectivity index (χ0v) is 12.8. The summed E-state index contributed by atoms with van der Waals surface area (Å²) in [6.07, 6.45) is -3.68. The molecule has 0 aliphatic rings. The number of nitrogens with one attached hydrogen (secondary N) is 1. The van der Waals surface area contributed by atoms with Crippen LogP contribution in [0, 0.1) is 11.8 Å². The lowest BCUT2D eigenvalue weighted by atomic mass is 9.93. The Labute approximate surface area is 123 Å². The predicted octanol–water partition coefficient (Wildman–Crippen LogP) is 4.56. The molecule has 0 fully saturated rings. The maximum atomic E-state index is 12.8. The topological polar surface area (TPSA) is 29.1 Å². The average Bonchev–Trinajstić information content (AvgIpc) is 2.42. The van der Waals surface area contributed by atoms with Gasteiger partial charge in [-0.2, -0.15) is 13.2 Å². The van der Waals surface area contributed by atoms with Crippen molar-refractivity contribution in [1.82, 2.24) is 5.32 Å². The van der Waals surface area contributed by atoms with Crippen molar-refractivity contribution in [2.75, 3.05) is 0 Å². The summed E-state index contributed by atoms with van der Waals surface area (Å²) >= 11 is 0. The smallest absolute Gasteiger partial charge is 0.349 e. The van der Waals surface area contributed by atoms with Crippen molar-refractivity contribution >= 4 is 5.91 Å². The van der Waals surface area contributed by atoms with Crippen molar-refractivity contribution in [2.45, 2.75) is 46.3 Å². The molecule has 5 heteroatoms. The summed E-state index contributed by atoms with van der Waals surface area (Å²) in [5, 5.41) is 2.86. The lowest BCUT2D eigenvalue weighted by molar-refractivity contribution is -0.137. The van der Waals surface area contributed by atoms with E-state index in [1.165, 1.54) is 6.07 Å². The molecule has 0 aliphatic heterocycles. The molecule has 1 N–H and O–H groups in total. The molecule has 2 nitrogen and oxygen atoms in total. The maximum Gasteiger partial charge on any atom is 0.416 e. The average molecular weight is 301 g/mol. The second kappa shape index (κ2) is 6.96. The fraction of sp³-hybridized carbons (Fsp3) is 0.562. The van der Waals surface area contributed by atoms with Crippen LogP contribution in [0.5, 0.6) is 0 Å². The minimum atomic E-state index is -4.38. The normalized spacial score (nSPS) is 14.9. The zero-order chi connectivity index (χ0) is 16.2. The highest BCUT2D eigenvalue weighted by molar-refractivity contribution is 5.78. The van der Waals surface area contributed by atoms with Gasteiger partial charge < -0.3 is 5.32 Å². The molecule has 0 aliphatic carbocycles. The van der Waals surface area contributed by atoms with E-state index in [9.17, 15) is 18.0 Å². The van der Waals surface area contributed by atoms with Crippen LogP contribution in [-0.2, 0) is 11.0 Å². The predicted molar refractivity (Wildman–Crippen MR) is 76.6 cm³/mol. The van der Waals surface area contributed by atoms with E-state index in [0.717, 1.165) is 12.1 Å². The van der Waals surface area contributed by atoms with Crippen molar-refractivity contribution in [3.8, 4) is 0 Å². The molecule has 0 spiro atoms. The molecule has 21 heavy (non-hydrogen) atoms. The number of hydrogen-bond donors (Lipinski definition) is 1. The molecule has 1 amide bonds. The number of halogens is 3. The van der Waals surface area contributed by atoms with Gasteiger partial charge in [0, 0.05) is 5.92 Å². The number of carbonyl (C=O) groups excluding carboxylic acids is 1. The number of rotatable bonds is 5. The van der Waals surface area contributed by atoms with Crippen molar-refractivity contribution < 1.29 is 18.0 Å². The first-order chi connectivity index (χ1) is 9.66. The summed E-state index contributed by atoms with van der Waals surface area (Å²) in [5.74, 6) is -0.285. The van der Waals surface area contributed by atoms with E-state index in [2.05, 4.69) is 5.32 Å². The molecule has 0 bridgehead atoms. The van der Waals surface area contributed by atoms with E-state index in [1.807, 2.05) is 20.8 Å². The summed E-state index contributed by atoms with van der Waals surface area (Å²) in [7, 11) is 0. The molecule has 0 aromatic heterocycles. The zero-order valence-electron chi connectivity index (χ0n) is 12.8. The Morgan fingerprint density at radius 1 is 1.24 bits per heavy atom. The molecule has 0 saturated heterocycles. The van der Waals surface area contributed by atoms with E-state index < -0.39 is 17.8 Å². The van der Waals surface area contributed by atoms with Crippen LogP contribution in [0.4, 0.5) is 13.2 Å². The molecular formula is C16H22F3NO. The van der Waals surface area contributed by atoms with Gasteiger partial charge in [-0.25, -0.2) is 0 Å². The van der Waals surface area contributed by atoms with Gasteiger partial charge in [0.05, 0.1) is 11.6 Å². The Morgan fingerprint density at radius 3 is 2.33 bits per heavy atom. The van der Waals surface area contributed by atoms with Crippen LogP contribution in [0.25, 0.3) is 0 Å². The summed E-state index contributed by atoms with van der Waals surface area (Å²) in [6, 6.07) is 4.73. The van der Waals surface area contributed by atoms with E-state index >= 15 is 0 Å². The van der Waals surface area contributed by atoms with Gasteiger partial charge in [0.25, 0.3) is 0 Å². The van der Waals surface area contributed by atoms with Gasteiger partial charge in [-0.3, -0.25) is 4.79 Å². The summed E-state index contributed by atoms with van der Waals surface area (Å²) in [6.45, 7) is 7.46. The van der Waals surface area contributed by atoms with E-state index in [1.54, 1.807) is 13.0 Å². The molecule has 0 radical (unpaired) electrons. The SMILES string of the molecule is CCC(C)C(=O)NC(c1cccc(C(F)(F)F)c1)C(C)C. The van der Waals surface area contributed by atoms with Crippen molar-refractivity contribution in [3.63, 3.8) is 0 Å². The first-order valence-corrected chi connectivity index (χ1v) is 7.14. The van der Waals surface area contributed by atoms with Gasteiger partial charge in [-0.15, -0.1) is 0 Å². The maximum absolute atomic E-state index is 12.8. The Morgan fingerprint density at radius 2 is 1.86 bits per heavy atom. The van der Waals surface area contributed by atoms with Crippen LogP contribution in [0.3, 0.4) is 0 Å². The third kappa shape index (κ3) is 4.76. The molecule has 1 rings (SSSR count). The fourth-order valence-corrected chi connectivity index (χ4v) is 2.02. The lowest BCUT2D eigenvalue weighted by Crippen LogP contribution is -2.35. The Bertz CT molecular complexity index is 483. The van der Waals surface area contributed by atoms with Crippen LogP contribution in [0.15, 0.2) is 24.3 Å². The van der Waals surface area contributed by atoms with Gasteiger partial charge >= 0.3 is 6.18 Å². The summed E-state index contributed by atoms with van der Waals surface area (Å²) in [4.78, 5) is 12.0. The van der Waals surface area contributed by atoms with E-state index in [0.29, 0.717) is 12.0 Å². The molecule has 1 aromatic carbocycles. The van der Waals surface area contributed by atoms with Crippen LogP contribution >= 0.6 is 0 Å². The van der Waals surface area contributed by atoms with Gasteiger partial charge in [-0.05, 0) is 30.0 Å². The second-order valence-electron chi connectivity index (χ2n) is 5.66. The molecule has 0 saturated carbocycles. The minimum Gasteiger partial charge on any atom is -0.349 e. The van der Waals surface area contributed by atoms with Crippen LogP contribution in [-0.4, -0.2) is 5.91 Å². The highest BCUT2D eigenvalue weighted by atomic mass is 19.4. The molecule has 1 aromatic rings. The van der Waals surface area contributed by atoms with Gasteiger partial charge in [0.15, 0.2) is 0 Å². The summed E-state index contributed by atoms with van der Waals surface area (Å²) < 4.78 is 38.4. The lowest BCUT2D eigenvalue weighted by Gasteiger charge is -2.25. The van der Waals surface area contributed by atoms with Gasteiger partial charge in [0.2, 0.25) is 5.91 Å². The third-order valence-electron chi connectivity index (χ3n) is 3.60. The largest absolute Gasteiger partial charge is 0.416 e. The number of amides is 1. The number of benzene rings is 1. The standard InChI is InChI=1S/C16H22F3NO/c1-5-11(4)15(21)20-14(10(2)3)12-7-6-8-13(9-12)16(17,18)19/h6-11,14H,5H2,1-4H3,(H,20,21). The van der Waals surface area contributed by atoms with Crippen LogP contribution in [0.2, 0.25) is 0 Å². The first-order valence-electron chi connectivity index (χ1n) is 7.14. The highest BCUT2D eigenvalue weighted by Crippen LogP contribution is 2.32. The monoisotopic (exact) mass is 301 g/mol. The molecule has 0 heterocycles. The molecule has 2 unspecified atom stereocenters. The number of alkyl halides is 3. The van der Waals surface area contributed by atoms with Crippen molar-refractivity contribution in [2.24, 2.45) is 11.8 Å². The first kappa shape index (κ1) is 17.5. The van der Waals surface area contributed by atoms with E-state index in [4.69, 9.17) is 0 Å². The Kier molecular flexibility index (Phi) is 5.81. The van der Waals surface area contributed by atoms with Gasteiger partial charge in [0.1, 0.15) is 0 Å². The highest BCUT2D eigenvalue weighted by Gasteiger charge is 2.31. The van der Waals surface area contributed by atoms with Crippen molar-refractivity contribution in [3.05, 3.63) is 35.4 Å². The molecular weight excluding hydrogens is 279 g/mol. The van der Waals surface area contributed by atoms with Crippen molar-refractivity contribution in [1.29, 1.82) is 0 Å². The second-order valence-corrected chi connectivity index (χ2v) is 5.66. The van der Waals surface area contributed by atoms with E-state index in [-0.39, 0.29) is 17.7 Å².